The third-order valence-corrected chi connectivity index (χ3v) is 0.954. The second-order valence-electron chi connectivity index (χ2n) is 1.60. The van der Waals surface area contributed by atoms with E-state index < -0.39 is 5.97 Å². The van der Waals surface area contributed by atoms with E-state index in [0.29, 0.717) is 0 Å². The van der Waals surface area contributed by atoms with Crippen LogP contribution < -0.4 is 0 Å². The van der Waals surface area contributed by atoms with Gasteiger partial charge < -0.3 is 5.11 Å². The minimum absolute atomic E-state index is 0. The second kappa shape index (κ2) is 4.08. The van der Waals surface area contributed by atoms with Crippen LogP contribution >= 0.6 is 0 Å². The van der Waals surface area contributed by atoms with Gasteiger partial charge in [-0.05, 0) is 0 Å². The molecule has 0 fully saturated rings. The molecule has 0 aliphatic rings. The van der Waals surface area contributed by atoms with Crippen molar-refractivity contribution in [1.82, 2.24) is 0 Å². The number of benzene rings is 1. The van der Waals surface area contributed by atoms with Crippen molar-refractivity contribution < 1.29 is 26.7 Å². The summed E-state index contributed by atoms with van der Waals surface area (Å²) in [4.78, 5) is 10.2. The summed E-state index contributed by atoms with van der Waals surface area (Å²) in [5, 5.41) is 8.36. The maximum absolute atomic E-state index is 10.2. The zero-order valence-corrected chi connectivity index (χ0v) is 6.04. The van der Waals surface area contributed by atoms with Crippen LogP contribution in [0.4, 0.5) is 0 Å². The first kappa shape index (κ1) is 9.20. The zero-order chi connectivity index (χ0) is 6.69. The van der Waals surface area contributed by atoms with Gasteiger partial charge in [-0.1, -0.05) is 5.56 Å². The van der Waals surface area contributed by atoms with Gasteiger partial charge in [0.2, 0.25) is 0 Å². The van der Waals surface area contributed by atoms with Gasteiger partial charge in [-0.2, -0.15) is 30.3 Å². The van der Waals surface area contributed by atoms with Crippen molar-refractivity contribution in [2.45, 2.75) is 0 Å². The van der Waals surface area contributed by atoms with Crippen molar-refractivity contribution in [3.05, 3.63) is 35.9 Å². The molecule has 2 nitrogen and oxygen atoms in total. The van der Waals surface area contributed by atoms with E-state index in [2.05, 4.69) is 6.07 Å². The van der Waals surface area contributed by atoms with Gasteiger partial charge in [0.05, 0.1) is 0 Å². The maximum atomic E-state index is 10.2. The number of aromatic carboxylic acids is 1. The monoisotopic (exact) mass is 180 g/mol. The normalized spacial score (nSPS) is 8.00. The summed E-state index contributed by atoms with van der Waals surface area (Å²) in [7, 11) is 0. The predicted molar refractivity (Wildman–Crippen MR) is 32.2 cm³/mol. The van der Waals surface area contributed by atoms with Crippen LogP contribution in [0.5, 0.6) is 0 Å². The van der Waals surface area contributed by atoms with Crippen LogP contribution in [0.25, 0.3) is 0 Å². The molecule has 0 atom stereocenters. The van der Waals surface area contributed by atoms with E-state index in [1.54, 1.807) is 12.1 Å². The summed E-state index contributed by atoms with van der Waals surface area (Å²) in [6.07, 6.45) is 0. The molecule has 0 spiro atoms. The Morgan fingerprint density at radius 2 is 2.30 bits per heavy atom. The molecule has 0 saturated carbocycles. The van der Waals surface area contributed by atoms with Crippen LogP contribution in [-0.2, 0) is 16.8 Å². The summed E-state index contributed by atoms with van der Waals surface area (Å²) < 4.78 is 0. The van der Waals surface area contributed by atoms with Crippen molar-refractivity contribution in [3.8, 4) is 0 Å². The fourth-order valence-electron chi connectivity index (χ4n) is 0.526. The van der Waals surface area contributed by atoms with Gasteiger partial charge in [-0.3, -0.25) is 4.79 Å². The average molecular weight is 180 g/mol. The third kappa shape index (κ3) is 2.20. The van der Waals surface area contributed by atoms with Gasteiger partial charge in [-0.25, -0.2) is 0 Å². The number of carboxylic acids is 1. The molecule has 0 aliphatic heterocycles. The first-order valence-electron chi connectivity index (χ1n) is 2.50. The third-order valence-electron chi connectivity index (χ3n) is 0.954. The molecule has 0 saturated heterocycles. The summed E-state index contributed by atoms with van der Waals surface area (Å²) in [6.45, 7) is 0. The van der Waals surface area contributed by atoms with Gasteiger partial charge >= 0.3 is 0 Å². The van der Waals surface area contributed by atoms with Crippen molar-refractivity contribution in [2.24, 2.45) is 0 Å². The first-order valence-corrected chi connectivity index (χ1v) is 2.50. The maximum Gasteiger partial charge on any atom is 0.278 e. The van der Waals surface area contributed by atoms with Gasteiger partial charge in [-0.15, -0.1) is 0 Å². The Balaban J connectivity index is 0.000000810. The average Bonchev–Trinajstić information content (AvgIpc) is 1.90. The van der Waals surface area contributed by atoms with E-state index in [1.807, 2.05) is 0 Å². The van der Waals surface area contributed by atoms with E-state index in [0.717, 1.165) is 0 Å². The quantitative estimate of drug-likeness (QED) is 0.659. The number of carbonyl (C=O) groups is 1. The summed E-state index contributed by atoms with van der Waals surface area (Å²) in [6, 6.07) is 8.92. The van der Waals surface area contributed by atoms with Crippen LogP contribution in [-0.4, -0.2) is 11.1 Å². The standard InChI is InChI=1S/C7H5O2.Co/c8-7(9)6-4-2-1-3-5-6;/h1-2,4-5H,(H,8,9);/q-1;. The topological polar surface area (TPSA) is 37.3 Å². The molecule has 0 heterocycles. The van der Waals surface area contributed by atoms with Crippen LogP contribution in [0.3, 0.4) is 0 Å². The Kier molecular flexibility index (Phi) is 3.75. The minimum Gasteiger partial charge on any atom is -0.487 e. The van der Waals surface area contributed by atoms with E-state index >= 15 is 0 Å². The minimum atomic E-state index is -0.910. The Bertz CT molecular complexity index is 208. The number of carboxylic acid groups (broad SMARTS) is 1. The molecule has 1 N–H and O–H groups in total. The van der Waals surface area contributed by atoms with Crippen molar-refractivity contribution in [2.75, 3.05) is 0 Å². The molecule has 1 rings (SSSR count). The Morgan fingerprint density at radius 1 is 1.60 bits per heavy atom. The van der Waals surface area contributed by atoms with Crippen molar-refractivity contribution in [3.63, 3.8) is 0 Å². The van der Waals surface area contributed by atoms with E-state index in [4.69, 9.17) is 5.11 Å². The van der Waals surface area contributed by atoms with Crippen LogP contribution in [0.2, 0.25) is 0 Å². The molecule has 0 unspecified atom stereocenters. The molecule has 1 aromatic rings. The molecule has 10 heavy (non-hydrogen) atoms. The molecule has 0 amide bonds. The largest absolute Gasteiger partial charge is 0.487 e. The van der Waals surface area contributed by atoms with Crippen LogP contribution in [0, 0.1) is 6.07 Å². The Labute approximate surface area is 69.1 Å². The Morgan fingerprint density at radius 3 is 2.60 bits per heavy atom. The second-order valence-corrected chi connectivity index (χ2v) is 1.60. The molecule has 1 aromatic carbocycles. The molecule has 0 bridgehead atoms. The number of rotatable bonds is 1. The van der Waals surface area contributed by atoms with Gasteiger partial charge in [0, 0.05) is 16.8 Å². The molecule has 0 aromatic heterocycles. The number of hydrogen-bond donors (Lipinski definition) is 1. The predicted octanol–water partition coefficient (Wildman–Crippen LogP) is 1.18. The zero-order valence-electron chi connectivity index (χ0n) is 5.00. The first-order chi connectivity index (χ1) is 4.30. The van der Waals surface area contributed by atoms with Crippen molar-refractivity contribution >= 4 is 5.97 Å². The molecule has 3 heteroatoms. The van der Waals surface area contributed by atoms with Crippen LogP contribution in [0.1, 0.15) is 10.4 Å². The fourth-order valence-corrected chi connectivity index (χ4v) is 0.526. The summed E-state index contributed by atoms with van der Waals surface area (Å²) in [5.74, 6) is -0.910. The van der Waals surface area contributed by atoms with Crippen molar-refractivity contribution in [1.29, 1.82) is 0 Å². The van der Waals surface area contributed by atoms with Gasteiger partial charge in [0.25, 0.3) is 5.97 Å². The Hall–Kier alpha value is -0.804. The van der Waals surface area contributed by atoms with E-state index in [-0.39, 0.29) is 22.3 Å². The summed E-state index contributed by atoms with van der Waals surface area (Å²) in [5.41, 5.74) is 0.275. The molecular weight excluding hydrogens is 175 g/mol. The number of hydrogen-bond acceptors (Lipinski definition) is 1. The molecule has 1 radical (unpaired) electrons. The molecular formula is C7H5CoO2-. The van der Waals surface area contributed by atoms with E-state index in [1.165, 1.54) is 12.1 Å². The molecule has 0 aliphatic carbocycles. The van der Waals surface area contributed by atoms with E-state index in [9.17, 15) is 4.79 Å². The fraction of sp³-hybridized carbons (Fsp3) is 0. The smallest absolute Gasteiger partial charge is 0.278 e. The van der Waals surface area contributed by atoms with Gasteiger partial charge in [0.1, 0.15) is 0 Å². The molecule has 55 valence electrons. The SMILES string of the molecule is O=C(O)c1c[c-]ccc1.[Co]. The van der Waals surface area contributed by atoms with Gasteiger partial charge in [0.15, 0.2) is 0 Å². The summed E-state index contributed by atoms with van der Waals surface area (Å²) >= 11 is 0. The van der Waals surface area contributed by atoms with Crippen LogP contribution in [0.15, 0.2) is 24.3 Å².